The molecule has 0 saturated heterocycles. The van der Waals surface area contributed by atoms with Crippen molar-refractivity contribution in [3.8, 4) is 0 Å². The van der Waals surface area contributed by atoms with E-state index in [1.54, 1.807) is 18.6 Å². The van der Waals surface area contributed by atoms with E-state index in [1.165, 1.54) is 4.68 Å². The first-order valence-electron chi connectivity index (χ1n) is 10.5. The number of benzene rings is 2. The van der Waals surface area contributed by atoms with Crippen LogP contribution in [0.4, 0.5) is 5.82 Å². The maximum atomic E-state index is 13.2. The number of carbonyl (C=O) groups excluding carboxylic acids is 1. The highest BCUT2D eigenvalue weighted by molar-refractivity contribution is 6.10. The number of nitrogen functional groups attached to an aromatic ring is 1. The van der Waals surface area contributed by atoms with Crippen molar-refractivity contribution >= 4 is 40.1 Å². The lowest BCUT2D eigenvalue weighted by atomic mass is 10.1. The summed E-state index contributed by atoms with van der Waals surface area (Å²) in [7, 11) is 0. The summed E-state index contributed by atoms with van der Waals surface area (Å²) in [6.45, 7) is 0.469. The number of nitrogens with one attached hydrogen (secondary N) is 1. The standard InChI is InChI=1S/C25H21N7O/c26-23-21(25(33)28-15-12-17-6-2-1-3-7-17)22-24(31-20-9-5-4-8-19(20)30-22)32(23)29-16-18-10-13-27-14-11-18/h1-11,13-14,16H,12,15,26H2,(H,28,33)/b29-16-. The monoisotopic (exact) mass is 435 g/mol. The molecule has 0 spiro atoms. The Labute approximate surface area is 189 Å². The van der Waals surface area contributed by atoms with Gasteiger partial charge in [-0.1, -0.05) is 42.5 Å². The summed E-state index contributed by atoms with van der Waals surface area (Å²) in [5, 5.41) is 7.45. The first-order chi connectivity index (χ1) is 16.2. The van der Waals surface area contributed by atoms with Crippen LogP contribution in [0.3, 0.4) is 0 Å². The lowest BCUT2D eigenvalue weighted by Gasteiger charge is -2.05. The number of pyridine rings is 1. The molecule has 0 aliphatic heterocycles. The Bertz CT molecular complexity index is 1460. The topological polar surface area (TPSA) is 111 Å². The number of nitrogens with two attached hydrogens (primary N) is 1. The molecule has 3 aromatic heterocycles. The normalized spacial score (nSPS) is 11.4. The molecular formula is C25H21N7O. The number of hydrogen-bond acceptors (Lipinski definition) is 6. The summed E-state index contributed by atoms with van der Waals surface area (Å²) in [6.07, 6.45) is 5.71. The Morgan fingerprint density at radius 3 is 2.42 bits per heavy atom. The molecule has 0 radical (unpaired) electrons. The van der Waals surface area contributed by atoms with E-state index in [2.05, 4.69) is 15.4 Å². The van der Waals surface area contributed by atoms with E-state index < -0.39 is 0 Å². The molecule has 0 atom stereocenters. The van der Waals surface area contributed by atoms with Gasteiger partial charge in [-0.15, -0.1) is 0 Å². The molecule has 5 aromatic rings. The molecule has 0 saturated carbocycles. The van der Waals surface area contributed by atoms with Crippen molar-refractivity contribution in [3.05, 3.63) is 95.8 Å². The maximum absolute atomic E-state index is 13.2. The molecule has 8 heteroatoms. The van der Waals surface area contributed by atoms with Gasteiger partial charge < -0.3 is 11.1 Å². The van der Waals surface area contributed by atoms with Crippen molar-refractivity contribution in [1.29, 1.82) is 0 Å². The van der Waals surface area contributed by atoms with Gasteiger partial charge in [-0.05, 0) is 41.8 Å². The average Bonchev–Trinajstić information content (AvgIpc) is 3.12. The summed E-state index contributed by atoms with van der Waals surface area (Å²) in [5.41, 5.74) is 10.9. The molecule has 1 amide bonds. The van der Waals surface area contributed by atoms with Crippen LogP contribution in [0.25, 0.3) is 22.2 Å². The third-order valence-electron chi connectivity index (χ3n) is 5.27. The van der Waals surface area contributed by atoms with E-state index in [9.17, 15) is 4.79 Å². The van der Waals surface area contributed by atoms with Crippen molar-refractivity contribution in [2.75, 3.05) is 12.3 Å². The van der Waals surface area contributed by atoms with E-state index in [0.717, 1.165) is 11.1 Å². The minimum atomic E-state index is -0.309. The van der Waals surface area contributed by atoms with E-state index in [4.69, 9.17) is 15.7 Å². The summed E-state index contributed by atoms with van der Waals surface area (Å²) in [6, 6.07) is 21.1. The van der Waals surface area contributed by atoms with Crippen LogP contribution >= 0.6 is 0 Å². The Kier molecular flexibility index (Phi) is 5.47. The third-order valence-corrected chi connectivity index (χ3v) is 5.27. The largest absolute Gasteiger partial charge is 0.383 e. The van der Waals surface area contributed by atoms with E-state index in [1.807, 2.05) is 66.7 Å². The van der Waals surface area contributed by atoms with Crippen LogP contribution in [0.1, 0.15) is 21.5 Å². The molecular weight excluding hydrogens is 414 g/mol. The second kappa shape index (κ2) is 8.88. The molecule has 0 aliphatic carbocycles. The Balaban J connectivity index is 1.54. The van der Waals surface area contributed by atoms with Crippen molar-refractivity contribution in [1.82, 2.24) is 24.9 Å². The zero-order valence-corrected chi connectivity index (χ0v) is 17.7. The molecule has 8 nitrogen and oxygen atoms in total. The minimum absolute atomic E-state index is 0.183. The molecule has 5 rings (SSSR count). The fraction of sp³-hybridized carbons (Fsp3) is 0.0800. The van der Waals surface area contributed by atoms with Crippen LogP contribution in [0.2, 0.25) is 0 Å². The number of aromatic nitrogens is 4. The molecule has 3 heterocycles. The molecule has 162 valence electrons. The smallest absolute Gasteiger partial charge is 0.257 e. The van der Waals surface area contributed by atoms with Crippen LogP contribution in [0.15, 0.2) is 84.2 Å². The predicted molar refractivity (Wildman–Crippen MR) is 129 cm³/mol. The fourth-order valence-electron chi connectivity index (χ4n) is 3.62. The highest BCUT2D eigenvalue weighted by Crippen LogP contribution is 2.27. The van der Waals surface area contributed by atoms with Crippen LogP contribution in [0, 0.1) is 0 Å². The van der Waals surface area contributed by atoms with Gasteiger partial charge in [0.15, 0.2) is 5.65 Å². The van der Waals surface area contributed by atoms with Crippen LogP contribution in [0.5, 0.6) is 0 Å². The van der Waals surface area contributed by atoms with Gasteiger partial charge in [0.1, 0.15) is 16.9 Å². The average molecular weight is 435 g/mol. The SMILES string of the molecule is Nc1c(C(=O)NCCc2ccccc2)c2nc3ccccc3nc2n1/N=C\c1ccncc1. The van der Waals surface area contributed by atoms with Crippen molar-refractivity contribution in [2.45, 2.75) is 6.42 Å². The van der Waals surface area contributed by atoms with Gasteiger partial charge in [-0.3, -0.25) is 9.78 Å². The number of rotatable bonds is 6. The zero-order valence-electron chi connectivity index (χ0n) is 17.7. The molecule has 3 N–H and O–H groups in total. The number of carbonyl (C=O) groups is 1. The minimum Gasteiger partial charge on any atom is -0.383 e. The highest BCUT2D eigenvalue weighted by Gasteiger charge is 2.23. The lowest BCUT2D eigenvalue weighted by Crippen LogP contribution is -2.26. The number of para-hydroxylation sites is 2. The summed E-state index contributed by atoms with van der Waals surface area (Å²) >= 11 is 0. The van der Waals surface area contributed by atoms with E-state index in [0.29, 0.717) is 35.2 Å². The number of nitrogens with zero attached hydrogens (tertiary/aromatic N) is 5. The van der Waals surface area contributed by atoms with Crippen LogP contribution in [-0.4, -0.2) is 38.3 Å². The van der Waals surface area contributed by atoms with Crippen LogP contribution in [-0.2, 0) is 6.42 Å². The first kappa shape index (κ1) is 20.3. The summed E-state index contributed by atoms with van der Waals surface area (Å²) in [4.78, 5) is 26.6. The second-order valence-corrected chi connectivity index (χ2v) is 7.47. The van der Waals surface area contributed by atoms with Gasteiger partial charge in [0, 0.05) is 18.9 Å². The van der Waals surface area contributed by atoms with Gasteiger partial charge in [-0.25, -0.2) is 9.97 Å². The molecule has 0 aliphatic rings. The number of fused-ring (bicyclic) bond motifs is 2. The molecule has 2 aromatic carbocycles. The number of hydrogen-bond donors (Lipinski definition) is 2. The highest BCUT2D eigenvalue weighted by atomic mass is 16.1. The summed E-state index contributed by atoms with van der Waals surface area (Å²) < 4.78 is 1.46. The fourth-order valence-corrected chi connectivity index (χ4v) is 3.62. The van der Waals surface area contributed by atoms with Gasteiger partial charge in [0.25, 0.3) is 5.91 Å². The van der Waals surface area contributed by atoms with E-state index >= 15 is 0 Å². The Morgan fingerprint density at radius 1 is 0.970 bits per heavy atom. The van der Waals surface area contributed by atoms with Crippen molar-refractivity contribution in [2.24, 2.45) is 5.10 Å². The molecule has 0 unspecified atom stereocenters. The molecule has 33 heavy (non-hydrogen) atoms. The third kappa shape index (κ3) is 4.14. The Morgan fingerprint density at radius 2 is 1.67 bits per heavy atom. The van der Waals surface area contributed by atoms with Crippen molar-refractivity contribution < 1.29 is 4.79 Å². The van der Waals surface area contributed by atoms with E-state index in [-0.39, 0.29) is 17.3 Å². The second-order valence-electron chi connectivity index (χ2n) is 7.47. The predicted octanol–water partition coefficient (Wildman–Crippen LogP) is 3.42. The van der Waals surface area contributed by atoms with Gasteiger partial charge >= 0.3 is 0 Å². The lowest BCUT2D eigenvalue weighted by molar-refractivity contribution is 0.0956. The van der Waals surface area contributed by atoms with Gasteiger partial charge in [0.05, 0.1) is 17.2 Å². The molecule has 0 fully saturated rings. The molecule has 0 bridgehead atoms. The zero-order chi connectivity index (χ0) is 22.6. The quantitative estimate of drug-likeness (QED) is 0.397. The Hall–Kier alpha value is -4.59. The number of anilines is 1. The van der Waals surface area contributed by atoms with Crippen LogP contribution < -0.4 is 11.1 Å². The summed E-state index contributed by atoms with van der Waals surface area (Å²) in [5.74, 6) is -0.126. The van der Waals surface area contributed by atoms with Crippen molar-refractivity contribution in [3.63, 3.8) is 0 Å². The van der Waals surface area contributed by atoms with Gasteiger partial charge in [-0.2, -0.15) is 9.78 Å². The van der Waals surface area contributed by atoms with Gasteiger partial charge in [0.2, 0.25) is 0 Å². The maximum Gasteiger partial charge on any atom is 0.257 e. The number of amides is 1. The first-order valence-corrected chi connectivity index (χ1v) is 10.5.